The first kappa shape index (κ1) is 16.4. The number of likely N-dealkylation sites (tertiary alicyclic amines) is 1. The second-order valence-corrected chi connectivity index (χ2v) is 7.08. The Morgan fingerprint density at radius 3 is 2.78 bits per heavy atom. The number of carboxylic acids is 1. The van der Waals surface area contributed by atoms with Gasteiger partial charge in [-0.2, -0.15) is 0 Å². The van der Waals surface area contributed by atoms with Crippen molar-refractivity contribution in [3.8, 4) is 0 Å². The van der Waals surface area contributed by atoms with Gasteiger partial charge in [0.1, 0.15) is 0 Å². The number of hydrogen-bond acceptors (Lipinski definition) is 3. The second kappa shape index (κ2) is 6.97. The number of aliphatic carboxylic acids is 1. The molecule has 1 saturated heterocycles. The molecule has 1 N–H and O–H groups in total. The summed E-state index contributed by atoms with van der Waals surface area (Å²) >= 11 is 3.56. The van der Waals surface area contributed by atoms with E-state index in [1.807, 2.05) is 18.5 Å². The van der Waals surface area contributed by atoms with Gasteiger partial charge in [0.15, 0.2) is 0 Å². The van der Waals surface area contributed by atoms with E-state index in [4.69, 9.17) is 0 Å². The Balaban J connectivity index is 1.90. The van der Waals surface area contributed by atoms with E-state index in [1.165, 1.54) is 10.9 Å². The van der Waals surface area contributed by atoms with Gasteiger partial charge in [0.25, 0.3) is 0 Å². The molecular formula is C18H21BrN2O2. The molecule has 1 aliphatic rings. The number of nitrogens with zero attached hydrogens (tertiary/aromatic N) is 2. The minimum atomic E-state index is -0.659. The molecular weight excluding hydrogens is 356 g/mol. The van der Waals surface area contributed by atoms with Crippen molar-refractivity contribution in [1.82, 2.24) is 9.88 Å². The summed E-state index contributed by atoms with van der Waals surface area (Å²) in [5.74, 6) is -0.850. The Bertz CT molecular complexity index is 711. The summed E-state index contributed by atoms with van der Waals surface area (Å²) in [6.45, 7) is 3.85. The lowest BCUT2D eigenvalue weighted by Crippen LogP contribution is -2.38. The van der Waals surface area contributed by atoms with E-state index in [2.05, 4.69) is 44.9 Å². The van der Waals surface area contributed by atoms with Crippen LogP contribution in [-0.2, 0) is 4.79 Å². The second-order valence-electron chi connectivity index (χ2n) is 6.17. The molecule has 0 bridgehead atoms. The predicted molar refractivity (Wildman–Crippen MR) is 94.4 cm³/mol. The van der Waals surface area contributed by atoms with Gasteiger partial charge >= 0.3 is 5.97 Å². The maximum Gasteiger partial charge on any atom is 0.306 e. The molecule has 1 aromatic carbocycles. The number of halogens is 1. The van der Waals surface area contributed by atoms with Crippen molar-refractivity contribution in [3.63, 3.8) is 0 Å². The van der Waals surface area contributed by atoms with Crippen molar-refractivity contribution in [3.05, 3.63) is 40.6 Å². The Hall–Kier alpha value is -1.46. The zero-order valence-electron chi connectivity index (χ0n) is 13.2. The van der Waals surface area contributed by atoms with Crippen molar-refractivity contribution in [1.29, 1.82) is 0 Å². The lowest BCUT2D eigenvalue weighted by atomic mass is 9.92. The standard InChI is InChI=1S/C18H21BrN2O2/c1-2-17(21-7-5-12(6-8-21)18(22)23)16-11-20-10-13-3-4-14(19)9-15(13)16/h3-4,9-12,17H,2,5-8H2,1H3,(H,22,23). The van der Waals surface area contributed by atoms with E-state index < -0.39 is 5.97 Å². The third-order valence-electron chi connectivity index (χ3n) is 4.82. The Morgan fingerprint density at radius 1 is 1.39 bits per heavy atom. The van der Waals surface area contributed by atoms with Crippen LogP contribution in [0.4, 0.5) is 0 Å². The highest BCUT2D eigenvalue weighted by molar-refractivity contribution is 9.10. The van der Waals surface area contributed by atoms with Crippen LogP contribution in [0.2, 0.25) is 0 Å². The molecule has 122 valence electrons. The van der Waals surface area contributed by atoms with E-state index in [-0.39, 0.29) is 12.0 Å². The quantitative estimate of drug-likeness (QED) is 0.866. The fourth-order valence-electron chi connectivity index (χ4n) is 3.56. The van der Waals surface area contributed by atoms with Crippen LogP contribution >= 0.6 is 15.9 Å². The smallest absolute Gasteiger partial charge is 0.306 e. The van der Waals surface area contributed by atoms with Crippen LogP contribution in [0.1, 0.15) is 37.8 Å². The molecule has 0 spiro atoms. The molecule has 0 saturated carbocycles. The first-order valence-electron chi connectivity index (χ1n) is 8.10. The first-order chi connectivity index (χ1) is 11.1. The monoisotopic (exact) mass is 376 g/mol. The third kappa shape index (κ3) is 3.40. The maximum absolute atomic E-state index is 11.1. The third-order valence-corrected chi connectivity index (χ3v) is 5.31. The molecule has 1 fully saturated rings. The number of aromatic nitrogens is 1. The van der Waals surface area contributed by atoms with Gasteiger partial charge in [-0.25, -0.2) is 0 Å². The normalized spacial score (nSPS) is 18.2. The fraction of sp³-hybridized carbons (Fsp3) is 0.444. The van der Waals surface area contributed by atoms with Gasteiger partial charge in [0.05, 0.1) is 5.92 Å². The summed E-state index contributed by atoms with van der Waals surface area (Å²) in [6, 6.07) is 6.56. The summed E-state index contributed by atoms with van der Waals surface area (Å²) in [5.41, 5.74) is 1.24. The van der Waals surface area contributed by atoms with Gasteiger partial charge in [-0.05, 0) is 55.4 Å². The average Bonchev–Trinajstić information content (AvgIpc) is 2.56. The van der Waals surface area contributed by atoms with Gasteiger partial charge in [0.2, 0.25) is 0 Å². The molecule has 3 rings (SSSR count). The number of carboxylic acid groups (broad SMARTS) is 1. The summed E-state index contributed by atoms with van der Waals surface area (Å²) < 4.78 is 1.07. The van der Waals surface area contributed by atoms with Crippen LogP contribution in [0.25, 0.3) is 10.8 Å². The van der Waals surface area contributed by atoms with E-state index >= 15 is 0 Å². The van der Waals surface area contributed by atoms with Crippen molar-refractivity contribution in [2.75, 3.05) is 13.1 Å². The highest BCUT2D eigenvalue weighted by Crippen LogP contribution is 2.34. The minimum absolute atomic E-state index is 0.191. The topological polar surface area (TPSA) is 53.4 Å². The number of pyridine rings is 1. The molecule has 4 nitrogen and oxygen atoms in total. The zero-order chi connectivity index (χ0) is 16.4. The number of benzene rings is 1. The van der Waals surface area contributed by atoms with Gasteiger partial charge < -0.3 is 5.11 Å². The van der Waals surface area contributed by atoms with E-state index in [1.54, 1.807) is 0 Å². The minimum Gasteiger partial charge on any atom is -0.481 e. The van der Waals surface area contributed by atoms with Gasteiger partial charge in [0, 0.05) is 28.3 Å². The molecule has 1 aromatic heterocycles. The predicted octanol–water partition coefficient (Wildman–Crippen LogP) is 4.25. The van der Waals surface area contributed by atoms with Gasteiger partial charge in [-0.15, -0.1) is 0 Å². The summed E-state index contributed by atoms with van der Waals surface area (Å²) in [4.78, 5) is 18.0. The average molecular weight is 377 g/mol. The van der Waals surface area contributed by atoms with Crippen LogP contribution in [0.5, 0.6) is 0 Å². The molecule has 2 aromatic rings. The molecule has 1 atom stereocenters. The number of hydrogen-bond donors (Lipinski definition) is 1. The molecule has 0 amide bonds. The van der Waals surface area contributed by atoms with Crippen LogP contribution in [0.15, 0.2) is 35.1 Å². The summed E-state index contributed by atoms with van der Waals surface area (Å²) in [6.07, 6.45) is 6.31. The summed E-state index contributed by atoms with van der Waals surface area (Å²) in [5, 5.41) is 11.5. The highest BCUT2D eigenvalue weighted by Gasteiger charge is 2.29. The van der Waals surface area contributed by atoms with Crippen molar-refractivity contribution in [2.24, 2.45) is 5.92 Å². The van der Waals surface area contributed by atoms with Crippen LogP contribution in [0, 0.1) is 5.92 Å². The Kier molecular flexibility index (Phi) is 4.97. The van der Waals surface area contributed by atoms with Crippen molar-refractivity contribution in [2.45, 2.75) is 32.2 Å². The Morgan fingerprint density at radius 2 is 2.13 bits per heavy atom. The molecule has 0 aliphatic carbocycles. The van der Waals surface area contributed by atoms with Crippen LogP contribution in [-0.4, -0.2) is 34.0 Å². The zero-order valence-corrected chi connectivity index (χ0v) is 14.8. The van der Waals surface area contributed by atoms with Gasteiger partial charge in [-0.1, -0.05) is 28.9 Å². The van der Waals surface area contributed by atoms with Gasteiger partial charge in [-0.3, -0.25) is 14.7 Å². The Labute approximate surface area is 144 Å². The molecule has 23 heavy (non-hydrogen) atoms. The number of carbonyl (C=O) groups is 1. The lowest BCUT2D eigenvalue weighted by Gasteiger charge is -2.36. The molecule has 5 heteroatoms. The number of fused-ring (bicyclic) bond motifs is 1. The highest BCUT2D eigenvalue weighted by atomic mass is 79.9. The molecule has 2 heterocycles. The number of rotatable bonds is 4. The van der Waals surface area contributed by atoms with E-state index in [9.17, 15) is 9.90 Å². The molecule has 1 aliphatic heterocycles. The molecule has 0 radical (unpaired) electrons. The SMILES string of the molecule is CCC(c1cncc2ccc(Br)cc12)N1CCC(C(=O)O)CC1. The first-order valence-corrected chi connectivity index (χ1v) is 8.89. The van der Waals surface area contributed by atoms with E-state index in [0.29, 0.717) is 0 Å². The molecule has 1 unspecified atom stereocenters. The van der Waals surface area contributed by atoms with E-state index in [0.717, 1.165) is 42.2 Å². The lowest BCUT2D eigenvalue weighted by molar-refractivity contribution is -0.143. The van der Waals surface area contributed by atoms with Crippen LogP contribution < -0.4 is 0 Å². The van der Waals surface area contributed by atoms with Crippen LogP contribution in [0.3, 0.4) is 0 Å². The van der Waals surface area contributed by atoms with Crippen molar-refractivity contribution < 1.29 is 9.90 Å². The number of piperidine rings is 1. The summed E-state index contributed by atoms with van der Waals surface area (Å²) in [7, 11) is 0. The fourth-order valence-corrected chi connectivity index (χ4v) is 3.92. The largest absolute Gasteiger partial charge is 0.481 e. The maximum atomic E-state index is 11.1. The van der Waals surface area contributed by atoms with Crippen molar-refractivity contribution >= 4 is 32.7 Å².